The lowest BCUT2D eigenvalue weighted by molar-refractivity contribution is -0.139. The van der Waals surface area contributed by atoms with Crippen molar-refractivity contribution in [1.29, 1.82) is 0 Å². The minimum atomic E-state index is -0.0967. The summed E-state index contributed by atoms with van der Waals surface area (Å²) in [6.07, 6.45) is 3.28. The van der Waals surface area contributed by atoms with Crippen LogP contribution in [0.5, 0.6) is 0 Å². The molecule has 4 rings (SSSR count). The molecule has 1 aromatic carbocycles. The van der Waals surface area contributed by atoms with Gasteiger partial charge in [0.1, 0.15) is 6.61 Å². The third-order valence-electron chi connectivity index (χ3n) is 5.20. The molecule has 6 nitrogen and oxygen atoms in total. The van der Waals surface area contributed by atoms with E-state index in [1.54, 1.807) is 0 Å². The monoisotopic (exact) mass is 329 g/mol. The Hall–Kier alpha value is -2.08. The molecule has 0 radical (unpaired) electrons. The van der Waals surface area contributed by atoms with Gasteiger partial charge in [0.15, 0.2) is 0 Å². The Morgan fingerprint density at radius 3 is 2.62 bits per heavy atom. The largest absolute Gasteiger partial charge is 0.372 e. The fourth-order valence-electron chi connectivity index (χ4n) is 3.86. The fraction of sp³-hybridized carbons (Fsp3) is 0.556. The molecule has 0 aromatic heterocycles. The molecule has 24 heavy (non-hydrogen) atoms. The van der Waals surface area contributed by atoms with Crippen molar-refractivity contribution >= 4 is 17.5 Å². The molecule has 0 aliphatic carbocycles. The number of hydrogen-bond acceptors (Lipinski definition) is 4. The lowest BCUT2D eigenvalue weighted by Crippen LogP contribution is -2.61. The summed E-state index contributed by atoms with van der Waals surface area (Å²) in [5, 5.41) is 2.94. The second-order valence-corrected chi connectivity index (χ2v) is 6.80. The average molecular weight is 329 g/mol. The van der Waals surface area contributed by atoms with Gasteiger partial charge in [0.25, 0.3) is 5.91 Å². The van der Waals surface area contributed by atoms with Crippen molar-refractivity contribution < 1.29 is 14.3 Å². The van der Waals surface area contributed by atoms with Gasteiger partial charge >= 0.3 is 0 Å². The number of hydrogen-bond donors (Lipinski definition) is 1. The first kappa shape index (κ1) is 15.4. The Morgan fingerprint density at radius 1 is 1.12 bits per heavy atom. The fourth-order valence-corrected chi connectivity index (χ4v) is 3.86. The molecule has 0 saturated carbocycles. The summed E-state index contributed by atoms with van der Waals surface area (Å²) >= 11 is 0. The van der Waals surface area contributed by atoms with Gasteiger partial charge in [-0.25, -0.2) is 0 Å². The van der Waals surface area contributed by atoms with E-state index in [0.29, 0.717) is 18.7 Å². The maximum Gasteiger partial charge on any atom is 0.253 e. The van der Waals surface area contributed by atoms with E-state index in [2.05, 4.69) is 10.2 Å². The van der Waals surface area contributed by atoms with E-state index in [-0.39, 0.29) is 30.6 Å². The number of benzene rings is 1. The molecule has 2 amide bonds. The zero-order valence-electron chi connectivity index (χ0n) is 13.7. The maximum absolute atomic E-state index is 12.7. The smallest absolute Gasteiger partial charge is 0.253 e. The Bertz CT molecular complexity index is 625. The molecular formula is C18H23N3O3. The van der Waals surface area contributed by atoms with Crippen LogP contribution in [0.25, 0.3) is 0 Å². The number of likely N-dealkylation sites (tertiary alicyclic amines) is 1. The summed E-state index contributed by atoms with van der Waals surface area (Å²) in [6.45, 7) is 3.52. The third-order valence-corrected chi connectivity index (χ3v) is 5.20. The summed E-state index contributed by atoms with van der Waals surface area (Å²) in [4.78, 5) is 28.4. The van der Waals surface area contributed by atoms with Gasteiger partial charge in [0, 0.05) is 37.4 Å². The van der Waals surface area contributed by atoms with E-state index in [1.165, 1.54) is 18.5 Å². The summed E-state index contributed by atoms with van der Waals surface area (Å²) < 4.78 is 5.55. The average Bonchev–Trinajstić information content (AvgIpc) is 3.15. The molecule has 3 aliphatic heterocycles. The van der Waals surface area contributed by atoms with Crippen LogP contribution in [0.1, 0.15) is 29.6 Å². The first-order chi connectivity index (χ1) is 11.7. The van der Waals surface area contributed by atoms with Crippen molar-refractivity contribution in [2.75, 3.05) is 37.7 Å². The highest BCUT2D eigenvalue weighted by molar-refractivity contribution is 5.94. The quantitative estimate of drug-likeness (QED) is 0.880. The normalized spacial score (nSPS) is 26.9. The van der Waals surface area contributed by atoms with Crippen LogP contribution in [0.4, 0.5) is 5.69 Å². The summed E-state index contributed by atoms with van der Waals surface area (Å²) in [6, 6.07) is 7.82. The van der Waals surface area contributed by atoms with Gasteiger partial charge in [-0.2, -0.15) is 0 Å². The number of nitrogens with one attached hydrogen (secondary N) is 1. The molecule has 6 heteroatoms. The Morgan fingerprint density at radius 2 is 1.88 bits per heavy atom. The van der Waals surface area contributed by atoms with Crippen molar-refractivity contribution in [1.82, 2.24) is 10.2 Å². The lowest BCUT2D eigenvalue weighted by atomic mass is 9.99. The first-order valence-electron chi connectivity index (χ1n) is 8.76. The first-order valence-corrected chi connectivity index (χ1v) is 8.76. The molecule has 1 aromatic rings. The van der Waals surface area contributed by atoms with Crippen molar-refractivity contribution in [2.45, 2.75) is 31.4 Å². The molecule has 3 heterocycles. The van der Waals surface area contributed by atoms with Crippen molar-refractivity contribution in [3.05, 3.63) is 29.8 Å². The highest BCUT2D eigenvalue weighted by Gasteiger charge is 2.36. The van der Waals surface area contributed by atoms with Crippen LogP contribution in [0.3, 0.4) is 0 Å². The van der Waals surface area contributed by atoms with Gasteiger partial charge in [-0.3, -0.25) is 9.59 Å². The molecule has 0 unspecified atom stereocenters. The van der Waals surface area contributed by atoms with Crippen LogP contribution in [-0.2, 0) is 9.53 Å². The molecule has 3 saturated heterocycles. The Balaban J connectivity index is 1.42. The summed E-state index contributed by atoms with van der Waals surface area (Å²) in [5.74, 6) is -0.0678. The lowest BCUT2D eigenvalue weighted by Gasteiger charge is -2.41. The van der Waals surface area contributed by atoms with Gasteiger partial charge in [-0.1, -0.05) is 0 Å². The number of carbonyl (C=O) groups excluding carboxylic acids is 2. The van der Waals surface area contributed by atoms with E-state index in [4.69, 9.17) is 4.74 Å². The third kappa shape index (κ3) is 2.98. The maximum atomic E-state index is 12.7. The zero-order valence-corrected chi connectivity index (χ0v) is 13.7. The number of fused-ring (bicyclic) bond motifs is 1. The van der Waals surface area contributed by atoms with Gasteiger partial charge in [-0.15, -0.1) is 0 Å². The van der Waals surface area contributed by atoms with Crippen molar-refractivity contribution in [2.24, 2.45) is 0 Å². The van der Waals surface area contributed by atoms with Crippen LogP contribution in [0, 0.1) is 0 Å². The number of morpholine rings is 1. The second-order valence-electron chi connectivity index (χ2n) is 6.80. The minimum Gasteiger partial charge on any atom is -0.372 e. The number of anilines is 1. The van der Waals surface area contributed by atoms with E-state index < -0.39 is 0 Å². The summed E-state index contributed by atoms with van der Waals surface area (Å²) in [5.41, 5.74) is 1.90. The number of nitrogens with zero attached hydrogens (tertiary/aromatic N) is 2. The molecule has 128 valence electrons. The minimum absolute atomic E-state index is 0.0289. The molecular weight excluding hydrogens is 306 g/mol. The van der Waals surface area contributed by atoms with Crippen LogP contribution < -0.4 is 10.2 Å². The number of ether oxygens (including phenoxy) is 1. The van der Waals surface area contributed by atoms with Gasteiger partial charge in [0.05, 0.1) is 12.1 Å². The van der Waals surface area contributed by atoms with Gasteiger partial charge in [0.2, 0.25) is 5.91 Å². The molecule has 2 atom stereocenters. The SMILES string of the molecule is O=C1CO[C@H]2CCN(C(=O)c3ccc(N4CCCC4)cc3)C[C@@H]2N1. The van der Waals surface area contributed by atoms with E-state index in [0.717, 1.165) is 19.5 Å². The van der Waals surface area contributed by atoms with E-state index >= 15 is 0 Å². The second kappa shape index (κ2) is 6.43. The van der Waals surface area contributed by atoms with Gasteiger partial charge < -0.3 is 19.9 Å². The topological polar surface area (TPSA) is 61.9 Å². The number of amides is 2. The summed E-state index contributed by atoms with van der Waals surface area (Å²) in [7, 11) is 0. The Labute approximate surface area is 141 Å². The highest BCUT2D eigenvalue weighted by atomic mass is 16.5. The van der Waals surface area contributed by atoms with E-state index in [9.17, 15) is 9.59 Å². The zero-order chi connectivity index (χ0) is 16.5. The standard InChI is InChI=1S/C18H23N3O3/c22-17-12-24-16-7-10-21(11-15(16)19-17)18(23)13-3-5-14(6-4-13)20-8-1-2-9-20/h3-6,15-16H,1-2,7-12H2,(H,19,22)/t15-,16-/m0/s1. The van der Waals surface area contributed by atoms with E-state index in [1.807, 2.05) is 29.2 Å². The Kier molecular flexibility index (Phi) is 4.14. The molecule has 3 aliphatic rings. The number of rotatable bonds is 2. The number of carbonyl (C=O) groups is 2. The van der Waals surface area contributed by atoms with Crippen molar-refractivity contribution in [3.8, 4) is 0 Å². The molecule has 3 fully saturated rings. The molecule has 0 spiro atoms. The van der Waals surface area contributed by atoms with Crippen LogP contribution in [0.2, 0.25) is 0 Å². The highest BCUT2D eigenvalue weighted by Crippen LogP contribution is 2.23. The predicted octanol–water partition coefficient (Wildman–Crippen LogP) is 1.02. The predicted molar refractivity (Wildman–Crippen MR) is 90.1 cm³/mol. The van der Waals surface area contributed by atoms with Crippen molar-refractivity contribution in [3.63, 3.8) is 0 Å². The van der Waals surface area contributed by atoms with Crippen LogP contribution >= 0.6 is 0 Å². The van der Waals surface area contributed by atoms with Crippen LogP contribution in [-0.4, -0.2) is 61.6 Å². The van der Waals surface area contributed by atoms with Crippen LogP contribution in [0.15, 0.2) is 24.3 Å². The van der Waals surface area contributed by atoms with Gasteiger partial charge in [-0.05, 0) is 43.5 Å². The molecule has 0 bridgehead atoms. The molecule has 1 N–H and O–H groups in total. The number of piperidine rings is 1.